The first-order valence-electron chi connectivity index (χ1n) is 4.38. The molecule has 0 radical (unpaired) electrons. The summed E-state index contributed by atoms with van der Waals surface area (Å²) < 4.78 is 0. The highest BCUT2D eigenvalue weighted by Crippen LogP contribution is 3.00. The molecule has 9 heavy (non-hydrogen) atoms. The van der Waals surface area contributed by atoms with Crippen molar-refractivity contribution < 1.29 is 0 Å². The second-order valence-corrected chi connectivity index (χ2v) is 4.69. The molecule has 0 aromatic heterocycles. The van der Waals surface area contributed by atoms with E-state index < -0.39 is 0 Å². The summed E-state index contributed by atoms with van der Waals surface area (Å²) in [6.45, 7) is 2.47. The molecular weight excluding hydrogens is 108 g/mol. The molecule has 1 spiro atoms. The molecule has 0 heterocycles. The maximum atomic E-state index is 2.47. The van der Waals surface area contributed by atoms with Gasteiger partial charge >= 0.3 is 0 Å². The Morgan fingerprint density at radius 1 is 1.22 bits per heavy atom. The van der Waals surface area contributed by atoms with Crippen molar-refractivity contribution in [3.8, 4) is 0 Å². The molecule has 0 aromatic rings. The molecule has 4 saturated carbocycles. The predicted octanol–water partition coefficient (Wildman–Crippen LogP) is 1.91. The molecule has 0 amide bonds. The molecule has 4 rings (SSSR count). The Morgan fingerprint density at radius 3 is 2.44 bits per heavy atom. The molecule has 4 fully saturated rings. The van der Waals surface area contributed by atoms with Gasteiger partial charge in [-0.3, -0.25) is 0 Å². The van der Waals surface area contributed by atoms with Gasteiger partial charge < -0.3 is 0 Å². The van der Waals surface area contributed by atoms with Crippen molar-refractivity contribution in [2.24, 2.45) is 35.0 Å². The van der Waals surface area contributed by atoms with Crippen LogP contribution in [0.2, 0.25) is 0 Å². The van der Waals surface area contributed by atoms with Crippen LogP contribution in [0.4, 0.5) is 0 Å². The van der Waals surface area contributed by atoms with Crippen LogP contribution in [0.1, 0.15) is 19.8 Å². The largest absolute Gasteiger partial charge is 0.0616 e. The first kappa shape index (κ1) is 4.00. The second kappa shape index (κ2) is 0.741. The first-order chi connectivity index (χ1) is 4.38. The summed E-state index contributed by atoms with van der Waals surface area (Å²) in [5, 5.41) is 0. The minimum atomic E-state index is 1.03. The Morgan fingerprint density at radius 2 is 2.11 bits per heavy atom. The molecule has 4 aliphatic carbocycles. The van der Waals surface area contributed by atoms with E-state index in [1.807, 2.05) is 0 Å². The maximum absolute atomic E-state index is 2.47. The maximum Gasteiger partial charge on any atom is -0.0170 e. The lowest BCUT2D eigenvalue weighted by Gasteiger charge is -2.53. The summed E-state index contributed by atoms with van der Waals surface area (Å²) in [7, 11) is 0. The van der Waals surface area contributed by atoms with E-state index in [1.54, 1.807) is 12.8 Å². The average molecular weight is 120 g/mol. The van der Waals surface area contributed by atoms with Gasteiger partial charge in [-0.25, -0.2) is 0 Å². The van der Waals surface area contributed by atoms with Crippen LogP contribution in [-0.2, 0) is 0 Å². The van der Waals surface area contributed by atoms with Gasteiger partial charge in [-0.1, -0.05) is 6.92 Å². The molecule has 0 nitrogen and oxygen atoms in total. The average Bonchev–Trinajstić information content (AvgIpc) is 2.52. The molecule has 6 atom stereocenters. The van der Waals surface area contributed by atoms with Gasteiger partial charge in [-0.2, -0.15) is 0 Å². The standard InChI is InChI=1S/C9H12/c1-4-7-8-5-2-3-6(5)9(4,7)8/h4-8H,2-3H2,1H3. The van der Waals surface area contributed by atoms with Crippen LogP contribution < -0.4 is 0 Å². The van der Waals surface area contributed by atoms with E-state index in [9.17, 15) is 0 Å². The quantitative estimate of drug-likeness (QED) is 0.458. The molecule has 0 aliphatic heterocycles. The van der Waals surface area contributed by atoms with Crippen LogP contribution in [0.15, 0.2) is 0 Å². The van der Waals surface area contributed by atoms with Crippen LogP contribution in [0, 0.1) is 35.0 Å². The zero-order chi connectivity index (χ0) is 5.80. The van der Waals surface area contributed by atoms with Gasteiger partial charge in [0.25, 0.3) is 0 Å². The molecule has 0 saturated heterocycles. The van der Waals surface area contributed by atoms with Crippen molar-refractivity contribution in [2.45, 2.75) is 19.8 Å². The van der Waals surface area contributed by atoms with Crippen LogP contribution in [0.25, 0.3) is 0 Å². The minimum absolute atomic E-state index is 1.03. The summed E-state index contributed by atoms with van der Waals surface area (Å²) in [6.07, 6.45) is 3.20. The van der Waals surface area contributed by atoms with E-state index >= 15 is 0 Å². The molecule has 4 aliphatic rings. The zero-order valence-corrected chi connectivity index (χ0v) is 5.80. The van der Waals surface area contributed by atoms with Gasteiger partial charge in [0.05, 0.1) is 0 Å². The highest BCUT2D eigenvalue weighted by atomic mass is 15.0. The summed E-state index contributed by atoms with van der Waals surface area (Å²) in [5.41, 5.74) is 1.03. The predicted molar refractivity (Wildman–Crippen MR) is 34.8 cm³/mol. The van der Waals surface area contributed by atoms with Crippen LogP contribution in [0.5, 0.6) is 0 Å². The van der Waals surface area contributed by atoms with Crippen LogP contribution in [0.3, 0.4) is 0 Å². The molecular formula is C9H12. The highest BCUT2D eigenvalue weighted by Gasteiger charge is 2.96. The number of hydrogen-bond donors (Lipinski definition) is 0. The van der Waals surface area contributed by atoms with Crippen LogP contribution >= 0.6 is 0 Å². The minimum Gasteiger partial charge on any atom is -0.0616 e. The third kappa shape index (κ3) is 0.171. The Bertz CT molecular complexity index is 202. The Kier molecular flexibility index (Phi) is 0.329. The first-order valence-corrected chi connectivity index (χ1v) is 4.38. The summed E-state index contributed by atoms with van der Waals surface area (Å²) >= 11 is 0. The van der Waals surface area contributed by atoms with E-state index in [2.05, 4.69) is 6.92 Å². The van der Waals surface area contributed by atoms with Gasteiger partial charge in [-0.15, -0.1) is 0 Å². The van der Waals surface area contributed by atoms with Crippen molar-refractivity contribution in [3.63, 3.8) is 0 Å². The fourth-order valence-corrected chi connectivity index (χ4v) is 4.56. The van der Waals surface area contributed by atoms with E-state index in [0.29, 0.717) is 0 Å². The SMILES string of the molecule is CC1C2C3C4CCC4C132. The lowest BCUT2D eigenvalue weighted by atomic mass is 9.51. The molecule has 0 heteroatoms. The van der Waals surface area contributed by atoms with Gasteiger partial charge in [0.2, 0.25) is 0 Å². The normalized spacial score (nSPS) is 87.0. The van der Waals surface area contributed by atoms with Crippen LogP contribution in [-0.4, -0.2) is 0 Å². The van der Waals surface area contributed by atoms with Crippen molar-refractivity contribution >= 4 is 0 Å². The van der Waals surface area contributed by atoms with Gasteiger partial charge in [0, 0.05) is 0 Å². The molecule has 0 aromatic carbocycles. The van der Waals surface area contributed by atoms with Crippen molar-refractivity contribution in [2.75, 3.05) is 0 Å². The molecule has 0 N–H and O–H groups in total. The number of rotatable bonds is 0. The van der Waals surface area contributed by atoms with E-state index in [1.165, 1.54) is 29.6 Å². The van der Waals surface area contributed by atoms with Crippen molar-refractivity contribution in [1.82, 2.24) is 0 Å². The van der Waals surface area contributed by atoms with Gasteiger partial charge in [0.15, 0.2) is 0 Å². The topological polar surface area (TPSA) is 0 Å². The number of hydrogen-bond acceptors (Lipinski definition) is 0. The van der Waals surface area contributed by atoms with Crippen molar-refractivity contribution in [1.29, 1.82) is 0 Å². The van der Waals surface area contributed by atoms with E-state index in [0.717, 1.165) is 5.41 Å². The third-order valence-corrected chi connectivity index (χ3v) is 5.08. The lowest BCUT2D eigenvalue weighted by molar-refractivity contribution is -0.0504. The fraction of sp³-hybridized carbons (Fsp3) is 1.00. The van der Waals surface area contributed by atoms with Crippen molar-refractivity contribution in [3.05, 3.63) is 0 Å². The summed E-state index contributed by atoms with van der Waals surface area (Å²) in [6, 6.07) is 0. The summed E-state index contributed by atoms with van der Waals surface area (Å²) in [4.78, 5) is 0. The Hall–Kier alpha value is 0. The third-order valence-electron chi connectivity index (χ3n) is 5.08. The summed E-state index contributed by atoms with van der Waals surface area (Å²) in [5.74, 6) is 6.22. The zero-order valence-electron chi connectivity index (χ0n) is 5.80. The fourth-order valence-electron chi connectivity index (χ4n) is 4.56. The molecule has 48 valence electrons. The van der Waals surface area contributed by atoms with Gasteiger partial charge in [-0.05, 0) is 47.8 Å². The Labute approximate surface area is 55.6 Å². The van der Waals surface area contributed by atoms with Gasteiger partial charge in [0.1, 0.15) is 0 Å². The van der Waals surface area contributed by atoms with E-state index in [4.69, 9.17) is 0 Å². The highest BCUT2D eigenvalue weighted by molar-refractivity contribution is 5.43. The van der Waals surface area contributed by atoms with E-state index in [-0.39, 0.29) is 0 Å². The smallest absolute Gasteiger partial charge is 0.0170 e. The molecule has 6 unspecified atom stereocenters. The Balaban J connectivity index is 1.83. The number of fused-ring (bicyclic) bond motifs is 3. The lowest BCUT2D eigenvalue weighted by Crippen LogP contribution is -2.47. The monoisotopic (exact) mass is 120 g/mol. The second-order valence-electron chi connectivity index (χ2n) is 4.69. The molecule has 0 bridgehead atoms.